The fourth-order valence-corrected chi connectivity index (χ4v) is 2.03. The van der Waals surface area contributed by atoms with Crippen molar-refractivity contribution in [3.63, 3.8) is 0 Å². The van der Waals surface area contributed by atoms with Crippen LogP contribution in [0.4, 0.5) is 5.69 Å². The normalized spacial score (nSPS) is 11.0. The first-order chi connectivity index (χ1) is 9.88. The minimum atomic E-state index is -1.05. The number of anilines is 1. The van der Waals surface area contributed by atoms with Gasteiger partial charge >= 0.3 is 0 Å². The lowest BCUT2D eigenvalue weighted by molar-refractivity contribution is -0.128. The monoisotopic (exact) mass is 368 g/mol. The summed E-state index contributed by atoms with van der Waals surface area (Å²) in [6, 6.07) is 10.7. The van der Waals surface area contributed by atoms with E-state index < -0.39 is 5.60 Å². The van der Waals surface area contributed by atoms with Gasteiger partial charge in [-0.25, -0.2) is 4.98 Å². The van der Waals surface area contributed by atoms with E-state index >= 15 is 0 Å². The van der Waals surface area contributed by atoms with Crippen LogP contribution in [0.2, 0.25) is 5.15 Å². The molecule has 0 unspecified atom stereocenters. The molecule has 0 saturated heterocycles. The Morgan fingerprint density at radius 1 is 1.29 bits per heavy atom. The average molecular weight is 370 g/mol. The molecule has 0 aliphatic heterocycles. The third-order valence-electron chi connectivity index (χ3n) is 2.74. The van der Waals surface area contributed by atoms with Gasteiger partial charge in [0.1, 0.15) is 5.75 Å². The summed E-state index contributed by atoms with van der Waals surface area (Å²) in [5.74, 6) is 0.302. The molecule has 0 radical (unpaired) electrons. The van der Waals surface area contributed by atoms with Crippen molar-refractivity contribution < 1.29 is 9.53 Å². The van der Waals surface area contributed by atoms with Crippen LogP contribution >= 0.6 is 27.5 Å². The molecular formula is C15H14BrClN2O2. The number of hydrogen-bond acceptors (Lipinski definition) is 3. The number of pyridine rings is 1. The quantitative estimate of drug-likeness (QED) is 0.818. The molecule has 0 saturated carbocycles. The molecule has 6 heteroatoms. The fraction of sp³-hybridized carbons (Fsp3) is 0.200. The number of hydrogen-bond donors (Lipinski definition) is 1. The van der Waals surface area contributed by atoms with Crippen molar-refractivity contribution in [2.45, 2.75) is 19.4 Å². The van der Waals surface area contributed by atoms with Gasteiger partial charge in [-0.2, -0.15) is 0 Å². The number of carbonyl (C=O) groups excluding carboxylic acids is 1. The molecule has 1 aromatic heterocycles. The van der Waals surface area contributed by atoms with Gasteiger partial charge in [-0.05, 0) is 50.2 Å². The SMILES string of the molecule is CC(C)(Oc1ccc(Br)cc1)C(=O)Nc1cccnc1Cl. The van der Waals surface area contributed by atoms with Gasteiger partial charge in [0, 0.05) is 10.7 Å². The van der Waals surface area contributed by atoms with Crippen molar-refractivity contribution in [2.24, 2.45) is 0 Å². The molecule has 1 aromatic carbocycles. The van der Waals surface area contributed by atoms with E-state index in [4.69, 9.17) is 16.3 Å². The van der Waals surface area contributed by atoms with E-state index in [2.05, 4.69) is 26.2 Å². The van der Waals surface area contributed by atoms with Crippen LogP contribution in [0.1, 0.15) is 13.8 Å². The summed E-state index contributed by atoms with van der Waals surface area (Å²) in [4.78, 5) is 16.2. The molecule has 21 heavy (non-hydrogen) atoms. The first kappa shape index (κ1) is 15.8. The Morgan fingerprint density at radius 3 is 2.57 bits per heavy atom. The molecular weight excluding hydrogens is 356 g/mol. The molecule has 1 heterocycles. The molecule has 0 atom stereocenters. The summed E-state index contributed by atoms with van der Waals surface area (Å²) in [5, 5.41) is 2.96. The summed E-state index contributed by atoms with van der Waals surface area (Å²) >= 11 is 9.27. The molecule has 1 N–H and O–H groups in total. The number of nitrogens with one attached hydrogen (secondary N) is 1. The van der Waals surface area contributed by atoms with Gasteiger partial charge < -0.3 is 10.1 Å². The Hall–Kier alpha value is -1.59. The first-order valence-electron chi connectivity index (χ1n) is 6.25. The number of halogens is 2. The van der Waals surface area contributed by atoms with E-state index in [1.807, 2.05) is 12.1 Å². The van der Waals surface area contributed by atoms with E-state index in [1.54, 1.807) is 44.3 Å². The summed E-state index contributed by atoms with van der Waals surface area (Å²) in [6.45, 7) is 3.38. The number of ether oxygens (including phenoxy) is 1. The largest absolute Gasteiger partial charge is 0.478 e. The highest BCUT2D eigenvalue weighted by Crippen LogP contribution is 2.24. The number of amides is 1. The van der Waals surface area contributed by atoms with E-state index in [9.17, 15) is 4.79 Å². The Balaban J connectivity index is 2.10. The topological polar surface area (TPSA) is 51.2 Å². The van der Waals surface area contributed by atoms with Crippen LogP contribution in [0.5, 0.6) is 5.75 Å². The van der Waals surface area contributed by atoms with Crippen LogP contribution < -0.4 is 10.1 Å². The Bertz CT molecular complexity index is 644. The molecule has 0 aliphatic rings. The van der Waals surface area contributed by atoms with Crippen molar-refractivity contribution in [1.29, 1.82) is 0 Å². The predicted molar refractivity (Wildman–Crippen MR) is 86.7 cm³/mol. The minimum absolute atomic E-state index is 0.241. The lowest BCUT2D eigenvalue weighted by atomic mass is 10.1. The van der Waals surface area contributed by atoms with Gasteiger partial charge in [-0.1, -0.05) is 27.5 Å². The van der Waals surface area contributed by atoms with Gasteiger partial charge in [0.2, 0.25) is 0 Å². The van der Waals surface area contributed by atoms with Crippen molar-refractivity contribution in [1.82, 2.24) is 4.98 Å². The van der Waals surface area contributed by atoms with Crippen molar-refractivity contribution >= 4 is 39.1 Å². The maximum Gasteiger partial charge on any atom is 0.268 e. The average Bonchev–Trinajstić information content (AvgIpc) is 2.43. The molecule has 110 valence electrons. The highest BCUT2D eigenvalue weighted by Gasteiger charge is 2.30. The third kappa shape index (κ3) is 4.19. The third-order valence-corrected chi connectivity index (χ3v) is 3.57. The summed E-state index contributed by atoms with van der Waals surface area (Å²) in [5.41, 5.74) is -0.593. The van der Waals surface area contributed by atoms with E-state index in [1.165, 1.54) is 0 Å². The lowest BCUT2D eigenvalue weighted by Crippen LogP contribution is -2.42. The minimum Gasteiger partial charge on any atom is -0.478 e. The summed E-state index contributed by atoms with van der Waals surface area (Å²) < 4.78 is 6.68. The van der Waals surface area contributed by atoms with Crippen LogP contribution in [-0.4, -0.2) is 16.5 Å². The number of nitrogens with zero attached hydrogens (tertiary/aromatic N) is 1. The molecule has 1 amide bonds. The zero-order chi connectivity index (χ0) is 15.5. The number of rotatable bonds is 4. The molecule has 0 fully saturated rings. The maximum absolute atomic E-state index is 12.3. The first-order valence-corrected chi connectivity index (χ1v) is 7.42. The zero-order valence-corrected chi connectivity index (χ0v) is 13.9. The van der Waals surface area contributed by atoms with E-state index in [0.29, 0.717) is 11.4 Å². The van der Waals surface area contributed by atoms with Gasteiger partial charge in [0.15, 0.2) is 10.8 Å². The van der Waals surface area contributed by atoms with Crippen molar-refractivity contribution in [2.75, 3.05) is 5.32 Å². The van der Waals surface area contributed by atoms with Gasteiger partial charge in [-0.3, -0.25) is 4.79 Å². The van der Waals surface area contributed by atoms with E-state index in [0.717, 1.165) is 4.47 Å². The Kier molecular flexibility index (Phi) is 4.85. The highest BCUT2D eigenvalue weighted by atomic mass is 79.9. The highest BCUT2D eigenvalue weighted by molar-refractivity contribution is 9.10. The summed E-state index contributed by atoms with van der Waals surface area (Å²) in [6.07, 6.45) is 1.56. The maximum atomic E-state index is 12.3. The van der Waals surface area contributed by atoms with E-state index in [-0.39, 0.29) is 11.1 Å². The number of benzene rings is 1. The number of carbonyl (C=O) groups is 1. The molecule has 0 aliphatic carbocycles. The zero-order valence-electron chi connectivity index (χ0n) is 11.6. The Morgan fingerprint density at radius 2 is 1.95 bits per heavy atom. The second-order valence-electron chi connectivity index (χ2n) is 4.86. The van der Waals surface area contributed by atoms with Crippen LogP contribution in [-0.2, 0) is 4.79 Å². The molecule has 2 rings (SSSR count). The van der Waals surface area contributed by atoms with Crippen LogP contribution in [0.3, 0.4) is 0 Å². The summed E-state index contributed by atoms with van der Waals surface area (Å²) in [7, 11) is 0. The molecule has 0 bridgehead atoms. The second kappa shape index (κ2) is 6.45. The Labute approximate surface area is 136 Å². The van der Waals surface area contributed by atoms with Gasteiger partial charge in [0.25, 0.3) is 5.91 Å². The smallest absolute Gasteiger partial charge is 0.268 e. The standard InChI is InChI=1S/C15H14BrClN2O2/c1-15(2,21-11-7-5-10(16)6-8-11)14(20)19-12-4-3-9-18-13(12)17/h3-9H,1-2H3,(H,19,20). The lowest BCUT2D eigenvalue weighted by Gasteiger charge is -2.25. The van der Waals surface area contributed by atoms with Crippen LogP contribution in [0.15, 0.2) is 47.1 Å². The predicted octanol–water partition coefficient (Wildman–Crippen LogP) is 4.29. The van der Waals surface area contributed by atoms with Gasteiger partial charge in [-0.15, -0.1) is 0 Å². The van der Waals surface area contributed by atoms with Crippen LogP contribution in [0, 0.1) is 0 Å². The number of aromatic nitrogens is 1. The molecule has 2 aromatic rings. The second-order valence-corrected chi connectivity index (χ2v) is 6.14. The van der Waals surface area contributed by atoms with Gasteiger partial charge in [0.05, 0.1) is 5.69 Å². The van der Waals surface area contributed by atoms with Crippen molar-refractivity contribution in [3.8, 4) is 5.75 Å². The molecule has 0 spiro atoms. The van der Waals surface area contributed by atoms with Crippen LogP contribution in [0.25, 0.3) is 0 Å². The van der Waals surface area contributed by atoms with Crippen molar-refractivity contribution in [3.05, 3.63) is 52.2 Å². The fourth-order valence-electron chi connectivity index (χ4n) is 1.60. The molecule has 4 nitrogen and oxygen atoms in total.